The molecule has 1 atom stereocenters. The molecule has 1 amide bonds. The Morgan fingerprint density at radius 2 is 2.12 bits per heavy atom. The minimum Gasteiger partial charge on any atom is -0.449 e. The van der Waals surface area contributed by atoms with Crippen LogP contribution in [-0.4, -0.2) is 43.3 Å². The van der Waals surface area contributed by atoms with Crippen molar-refractivity contribution in [2.75, 3.05) is 0 Å². The molecule has 0 aromatic carbocycles. The molecule has 3 rings (SSSR count). The van der Waals surface area contributed by atoms with Crippen LogP contribution in [0, 0.1) is 12.8 Å². The van der Waals surface area contributed by atoms with Crippen LogP contribution in [0.1, 0.15) is 32.2 Å². The Hall–Kier alpha value is -2.97. The topological polar surface area (TPSA) is 119 Å². The van der Waals surface area contributed by atoms with Gasteiger partial charge in [0.15, 0.2) is 22.9 Å². The number of rotatable bonds is 3. The van der Waals surface area contributed by atoms with E-state index in [1.807, 2.05) is 13.8 Å². The zero-order chi connectivity index (χ0) is 18.5. The minimum absolute atomic E-state index is 0.00292. The van der Waals surface area contributed by atoms with Crippen LogP contribution in [0.25, 0.3) is 11.0 Å². The summed E-state index contributed by atoms with van der Waals surface area (Å²) in [6.45, 7) is 7.30. The molecule has 0 bridgehead atoms. The van der Waals surface area contributed by atoms with Crippen LogP contribution < -0.4 is 10.1 Å². The number of amidine groups is 1. The zero-order valence-corrected chi connectivity index (χ0v) is 14.6. The Balaban J connectivity index is 2.22. The number of aliphatic imine (C=N–C) groups is 1. The summed E-state index contributed by atoms with van der Waals surface area (Å²) in [6, 6.07) is 1.55. The number of hydrogen-bond acceptors (Lipinski definition) is 6. The molecule has 1 unspecified atom stereocenters. The number of pyridine rings is 1. The van der Waals surface area contributed by atoms with E-state index in [9.17, 15) is 9.59 Å². The van der Waals surface area contributed by atoms with Crippen LogP contribution in [0.15, 0.2) is 11.1 Å². The summed E-state index contributed by atoms with van der Waals surface area (Å²) in [5, 5.41) is 16.7. The first kappa shape index (κ1) is 16.9. The quantitative estimate of drug-likeness (QED) is 0.816. The molecule has 132 valence electrons. The van der Waals surface area contributed by atoms with E-state index in [0.717, 1.165) is 0 Å². The molecular weight excluding hydrogens is 326 g/mol. The molecule has 1 aliphatic rings. The average molecular weight is 345 g/mol. The summed E-state index contributed by atoms with van der Waals surface area (Å²) in [4.78, 5) is 32.4. The number of aryl methyl sites for hydroxylation is 2. The fourth-order valence-corrected chi connectivity index (χ4v) is 2.71. The molecule has 9 nitrogen and oxygen atoms in total. The van der Waals surface area contributed by atoms with Crippen molar-refractivity contribution in [2.24, 2.45) is 18.0 Å². The molecule has 0 saturated heterocycles. The largest absolute Gasteiger partial charge is 0.511 e. The van der Waals surface area contributed by atoms with Gasteiger partial charge in [0.1, 0.15) is 5.54 Å². The predicted molar refractivity (Wildman–Crippen MR) is 89.8 cm³/mol. The Kier molecular flexibility index (Phi) is 3.74. The number of nitrogens with zero attached hydrogens (tertiary/aromatic N) is 4. The maximum atomic E-state index is 12.4. The van der Waals surface area contributed by atoms with Crippen LogP contribution in [0.5, 0.6) is 5.75 Å². The lowest BCUT2D eigenvalue weighted by Crippen LogP contribution is -2.41. The molecule has 25 heavy (non-hydrogen) atoms. The second-order valence-electron chi connectivity index (χ2n) is 6.50. The number of hydrogen-bond donors (Lipinski definition) is 2. The smallest absolute Gasteiger partial charge is 0.449 e. The third kappa shape index (κ3) is 2.61. The maximum Gasteiger partial charge on any atom is 0.511 e. The normalized spacial score (nSPS) is 20.1. The van der Waals surface area contributed by atoms with E-state index in [2.05, 4.69) is 20.4 Å². The number of ether oxygens (including phenoxy) is 1. The summed E-state index contributed by atoms with van der Waals surface area (Å²) in [6.07, 6.45) is -1.47. The van der Waals surface area contributed by atoms with E-state index < -0.39 is 11.7 Å². The highest BCUT2D eigenvalue weighted by Crippen LogP contribution is 2.31. The summed E-state index contributed by atoms with van der Waals surface area (Å²) < 4.78 is 6.46. The van der Waals surface area contributed by atoms with Gasteiger partial charge in [0.05, 0.1) is 5.69 Å². The van der Waals surface area contributed by atoms with Crippen LogP contribution in [0.4, 0.5) is 4.79 Å². The van der Waals surface area contributed by atoms with Crippen molar-refractivity contribution in [1.82, 2.24) is 20.1 Å². The third-order valence-corrected chi connectivity index (χ3v) is 4.55. The van der Waals surface area contributed by atoms with Gasteiger partial charge in [-0.3, -0.25) is 9.48 Å². The molecule has 0 fully saturated rings. The number of amides is 1. The molecule has 2 aromatic rings. The molecule has 3 heterocycles. The number of nitrogens with one attached hydrogen (secondary N) is 1. The first-order valence-corrected chi connectivity index (χ1v) is 7.80. The minimum atomic E-state index is -1.47. The molecule has 0 saturated carbocycles. The molecule has 9 heteroatoms. The fraction of sp³-hybridized carbons (Fsp3) is 0.438. The maximum absolute atomic E-state index is 12.4. The van der Waals surface area contributed by atoms with Crippen molar-refractivity contribution in [3.63, 3.8) is 0 Å². The number of carbonyl (C=O) groups excluding carboxylic acids is 1. The highest BCUT2D eigenvalue weighted by molar-refractivity contribution is 6.16. The summed E-state index contributed by atoms with van der Waals surface area (Å²) in [5.41, 5.74) is 0.446. The van der Waals surface area contributed by atoms with Crippen molar-refractivity contribution in [1.29, 1.82) is 0 Å². The van der Waals surface area contributed by atoms with Gasteiger partial charge in [-0.05, 0) is 25.8 Å². The van der Waals surface area contributed by atoms with Gasteiger partial charge < -0.3 is 15.2 Å². The third-order valence-electron chi connectivity index (χ3n) is 4.55. The molecule has 0 spiro atoms. The van der Waals surface area contributed by atoms with Crippen molar-refractivity contribution in [3.05, 3.63) is 17.5 Å². The monoisotopic (exact) mass is 345 g/mol. The van der Waals surface area contributed by atoms with Crippen molar-refractivity contribution < 1.29 is 19.4 Å². The summed E-state index contributed by atoms with van der Waals surface area (Å²) in [5.74, 6) is -0.111. The van der Waals surface area contributed by atoms with E-state index in [1.54, 1.807) is 31.6 Å². The van der Waals surface area contributed by atoms with Gasteiger partial charge in [-0.2, -0.15) is 5.10 Å². The number of carboxylic acid groups (broad SMARTS) is 1. The molecule has 0 radical (unpaired) electrons. The molecular formula is C16H19N5O4. The predicted octanol–water partition coefficient (Wildman–Crippen LogP) is 1.62. The van der Waals surface area contributed by atoms with E-state index >= 15 is 0 Å². The van der Waals surface area contributed by atoms with Crippen LogP contribution in [-0.2, 0) is 11.8 Å². The zero-order valence-electron chi connectivity index (χ0n) is 14.6. The van der Waals surface area contributed by atoms with Gasteiger partial charge in [0, 0.05) is 12.4 Å². The molecule has 2 aromatic heterocycles. The Morgan fingerprint density at radius 1 is 1.44 bits per heavy atom. The molecule has 0 aliphatic carbocycles. The van der Waals surface area contributed by atoms with Crippen molar-refractivity contribution in [2.45, 2.75) is 33.2 Å². The Morgan fingerprint density at radius 3 is 2.68 bits per heavy atom. The van der Waals surface area contributed by atoms with E-state index in [4.69, 9.17) is 9.84 Å². The van der Waals surface area contributed by atoms with E-state index in [0.29, 0.717) is 16.7 Å². The lowest BCUT2D eigenvalue weighted by Gasteiger charge is -2.21. The van der Waals surface area contributed by atoms with Gasteiger partial charge >= 0.3 is 6.16 Å². The van der Waals surface area contributed by atoms with E-state index in [-0.39, 0.29) is 29.1 Å². The SMILES string of the molecule is Cc1nn(C)c2nc(C3=NC(C)(C(C)C)C(=O)N3)c(OC(=O)O)cc12. The van der Waals surface area contributed by atoms with Crippen LogP contribution in [0.3, 0.4) is 0 Å². The Bertz CT molecular complexity index is 930. The van der Waals surface area contributed by atoms with Crippen LogP contribution in [0.2, 0.25) is 0 Å². The van der Waals surface area contributed by atoms with Gasteiger partial charge in [0.25, 0.3) is 5.91 Å². The summed E-state index contributed by atoms with van der Waals surface area (Å²) >= 11 is 0. The van der Waals surface area contributed by atoms with Crippen molar-refractivity contribution >= 4 is 28.9 Å². The van der Waals surface area contributed by atoms with Gasteiger partial charge in [0.2, 0.25) is 0 Å². The second kappa shape index (κ2) is 5.54. The second-order valence-corrected chi connectivity index (χ2v) is 6.50. The first-order chi connectivity index (χ1) is 11.6. The lowest BCUT2D eigenvalue weighted by molar-refractivity contribution is -0.124. The lowest BCUT2D eigenvalue weighted by atomic mass is 9.89. The average Bonchev–Trinajstić information content (AvgIpc) is 2.96. The van der Waals surface area contributed by atoms with Crippen LogP contribution >= 0.6 is 0 Å². The van der Waals surface area contributed by atoms with E-state index in [1.165, 1.54) is 0 Å². The van der Waals surface area contributed by atoms with Gasteiger partial charge in [-0.1, -0.05) is 13.8 Å². The molecule has 1 aliphatic heterocycles. The summed E-state index contributed by atoms with van der Waals surface area (Å²) in [7, 11) is 1.73. The number of fused-ring (bicyclic) bond motifs is 1. The van der Waals surface area contributed by atoms with Gasteiger partial charge in [-0.15, -0.1) is 0 Å². The standard InChI is InChI=1S/C16H19N5O4/c1-7(2)16(4)14(22)18-12(19-16)11-10(25-15(23)24)6-9-8(3)20-21(5)13(9)17-11/h6-7H,1-5H3,(H,23,24)(H,18,19,22). The van der Waals surface area contributed by atoms with Gasteiger partial charge in [-0.25, -0.2) is 14.8 Å². The van der Waals surface area contributed by atoms with Crippen molar-refractivity contribution in [3.8, 4) is 5.75 Å². The Labute approximate surface area is 143 Å². The fourth-order valence-electron chi connectivity index (χ4n) is 2.71. The first-order valence-electron chi connectivity index (χ1n) is 7.80. The number of carbonyl (C=O) groups is 2. The highest BCUT2D eigenvalue weighted by atomic mass is 16.7. The number of aromatic nitrogens is 3. The molecule has 2 N–H and O–H groups in total. The highest BCUT2D eigenvalue weighted by Gasteiger charge is 2.43.